The zero-order chi connectivity index (χ0) is 21.1. The van der Waals surface area contributed by atoms with Gasteiger partial charge in [0.05, 0.1) is 23.1 Å². The number of nitrogens with zero attached hydrogens (tertiary/aromatic N) is 4. The molecule has 10 heteroatoms. The number of furan rings is 1. The van der Waals surface area contributed by atoms with Crippen molar-refractivity contribution in [3.05, 3.63) is 84.2 Å². The van der Waals surface area contributed by atoms with E-state index in [9.17, 15) is 14.0 Å². The summed E-state index contributed by atoms with van der Waals surface area (Å²) in [7, 11) is 0. The van der Waals surface area contributed by atoms with Gasteiger partial charge in [-0.2, -0.15) is 5.10 Å². The third-order valence-electron chi connectivity index (χ3n) is 4.24. The number of aromatic nitrogens is 4. The lowest BCUT2D eigenvalue weighted by atomic mass is 10.2. The number of aryl methyl sites for hydroxylation is 1. The van der Waals surface area contributed by atoms with E-state index in [4.69, 9.17) is 4.42 Å². The summed E-state index contributed by atoms with van der Waals surface area (Å²) in [5.41, 5.74) is 0.735. The van der Waals surface area contributed by atoms with Gasteiger partial charge < -0.3 is 15.1 Å². The molecule has 9 nitrogen and oxygen atoms in total. The van der Waals surface area contributed by atoms with Crippen LogP contribution < -0.4 is 10.6 Å². The Morgan fingerprint density at radius 2 is 1.93 bits per heavy atom. The van der Waals surface area contributed by atoms with Gasteiger partial charge in [0.1, 0.15) is 24.2 Å². The van der Waals surface area contributed by atoms with Crippen molar-refractivity contribution >= 4 is 23.2 Å². The van der Waals surface area contributed by atoms with E-state index in [0.717, 1.165) is 6.07 Å². The Kier molecular flexibility index (Phi) is 5.04. The maximum atomic E-state index is 14.2. The summed E-state index contributed by atoms with van der Waals surface area (Å²) >= 11 is 0. The largest absolute Gasteiger partial charge is 0.469 e. The molecule has 30 heavy (non-hydrogen) atoms. The lowest BCUT2D eigenvalue weighted by Gasteiger charge is -2.11. The van der Waals surface area contributed by atoms with E-state index in [1.165, 1.54) is 48.0 Å². The predicted molar refractivity (Wildman–Crippen MR) is 105 cm³/mol. The first kappa shape index (κ1) is 19.0. The van der Waals surface area contributed by atoms with Gasteiger partial charge in [-0.05, 0) is 43.3 Å². The number of nitrogens with one attached hydrogen (secondary N) is 2. The van der Waals surface area contributed by atoms with Crippen LogP contribution in [-0.4, -0.2) is 31.6 Å². The smallest absolute Gasteiger partial charge is 0.259 e. The number of hydrogen-bond acceptors (Lipinski definition) is 6. The monoisotopic (exact) mass is 406 g/mol. The highest BCUT2D eigenvalue weighted by Crippen LogP contribution is 2.22. The highest BCUT2D eigenvalue weighted by atomic mass is 19.1. The molecule has 0 aliphatic rings. The lowest BCUT2D eigenvalue weighted by molar-refractivity contribution is 0.101. The van der Waals surface area contributed by atoms with E-state index in [0.29, 0.717) is 11.6 Å². The molecule has 4 aromatic rings. The first-order valence-electron chi connectivity index (χ1n) is 8.79. The minimum absolute atomic E-state index is 0.0823. The molecule has 2 N–H and O–H groups in total. The Morgan fingerprint density at radius 1 is 1.10 bits per heavy atom. The number of carbonyl (C=O) groups is 2. The van der Waals surface area contributed by atoms with Crippen molar-refractivity contribution in [2.75, 3.05) is 10.6 Å². The molecule has 4 rings (SSSR count). The molecular weight excluding hydrogens is 391 g/mol. The molecule has 2 amide bonds. The van der Waals surface area contributed by atoms with Crippen LogP contribution in [0.15, 0.2) is 65.9 Å². The SMILES string of the molecule is Cc1occc1C(=O)Nc1cc(NC(=O)c2cccnc2-n2cncn2)ccc1F. The Balaban J connectivity index is 1.56. The Labute approximate surface area is 169 Å². The molecule has 3 aromatic heterocycles. The number of carbonyl (C=O) groups excluding carboxylic acids is 2. The van der Waals surface area contributed by atoms with E-state index < -0.39 is 17.6 Å². The molecule has 150 valence electrons. The minimum atomic E-state index is -0.646. The summed E-state index contributed by atoms with van der Waals surface area (Å²) in [6.45, 7) is 1.63. The van der Waals surface area contributed by atoms with Crippen molar-refractivity contribution in [2.24, 2.45) is 0 Å². The van der Waals surface area contributed by atoms with Crippen molar-refractivity contribution in [1.82, 2.24) is 19.7 Å². The maximum Gasteiger partial charge on any atom is 0.259 e. The zero-order valence-electron chi connectivity index (χ0n) is 15.7. The number of anilines is 2. The molecule has 0 fully saturated rings. The van der Waals surface area contributed by atoms with Crippen LogP contribution in [0.3, 0.4) is 0 Å². The van der Waals surface area contributed by atoms with Crippen molar-refractivity contribution in [2.45, 2.75) is 6.92 Å². The van der Waals surface area contributed by atoms with E-state index in [1.807, 2.05) is 0 Å². The average Bonchev–Trinajstić information content (AvgIpc) is 3.42. The number of hydrogen-bond donors (Lipinski definition) is 2. The van der Waals surface area contributed by atoms with Crippen LogP contribution in [0.1, 0.15) is 26.5 Å². The van der Waals surface area contributed by atoms with Gasteiger partial charge in [0.15, 0.2) is 5.82 Å². The molecule has 0 spiro atoms. The molecule has 0 saturated heterocycles. The molecule has 0 aliphatic heterocycles. The number of pyridine rings is 1. The van der Waals surface area contributed by atoms with Crippen molar-refractivity contribution in [1.29, 1.82) is 0 Å². The van der Waals surface area contributed by atoms with E-state index >= 15 is 0 Å². The van der Waals surface area contributed by atoms with Crippen molar-refractivity contribution < 1.29 is 18.4 Å². The lowest BCUT2D eigenvalue weighted by Crippen LogP contribution is -2.17. The Hall–Kier alpha value is -4.34. The summed E-state index contributed by atoms with van der Waals surface area (Å²) < 4.78 is 20.7. The topological polar surface area (TPSA) is 115 Å². The second-order valence-corrected chi connectivity index (χ2v) is 6.21. The molecule has 0 saturated carbocycles. The number of rotatable bonds is 5. The molecule has 0 bridgehead atoms. The second-order valence-electron chi connectivity index (χ2n) is 6.21. The molecule has 0 aliphatic carbocycles. The normalized spacial score (nSPS) is 10.6. The molecule has 1 aromatic carbocycles. The van der Waals surface area contributed by atoms with Crippen molar-refractivity contribution in [3.8, 4) is 5.82 Å². The second kappa shape index (κ2) is 7.95. The fraction of sp³-hybridized carbons (Fsp3) is 0.0500. The number of benzene rings is 1. The first-order chi connectivity index (χ1) is 14.5. The Morgan fingerprint density at radius 3 is 2.67 bits per heavy atom. The Bertz CT molecular complexity index is 1220. The molecule has 3 heterocycles. The summed E-state index contributed by atoms with van der Waals surface area (Å²) in [6.07, 6.45) is 5.64. The summed E-state index contributed by atoms with van der Waals surface area (Å²) in [6, 6.07) is 8.53. The quantitative estimate of drug-likeness (QED) is 0.526. The predicted octanol–water partition coefficient (Wildman–Crippen LogP) is 3.21. The van der Waals surface area contributed by atoms with Crippen LogP contribution in [0.5, 0.6) is 0 Å². The van der Waals surface area contributed by atoms with Gasteiger partial charge >= 0.3 is 0 Å². The van der Waals surface area contributed by atoms with Crippen LogP contribution >= 0.6 is 0 Å². The van der Waals surface area contributed by atoms with Gasteiger partial charge in [0.25, 0.3) is 11.8 Å². The fourth-order valence-electron chi connectivity index (χ4n) is 2.78. The van der Waals surface area contributed by atoms with E-state index in [1.54, 1.807) is 19.1 Å². The fourth-order valence-corrected chi connectivity index (χ4v) is 2.78. The standard InChI is InChI=1S/C20H15FN6O3/c1-12-14(6-8-30-12)19(28)26-17-9-13(4-5-16(17)21)25-20(29)15-3-2-7-23-18(15)27-11-22-10-24-27/h2-11H,1H3,(H,25,29)(H,26,28). The van der Waals surface area contributed by atoms with E-state index in [-0.39, 0.29) is 22.5 Å². The summed E-state index contributed by atoms with van der Waals surface area (Å²) in [5, 5.41) is 9.14. The van der Waals surface area contributed by atoms with Crippen LogP contribution in [0, 0.1) is 12.7 Å². The first-order valence-corrected chi connectivity index (χ1v) is 8.79. The summed E-state index contributed by atoms with van der Waals surface area (Å²) in [4.78, 5) is 33.1. The number of halogens is 1. The molecule has 0 radical (unpaired) electrons. The van der Waals surface area contributed by atoms with E-state index in [2.05, 4.69) is 25.7 Å². The van der Waals surface area contributed by atoms with Crippen LogP contribution in [0.25, 0.3) is 5.82 Å². The molecule has 0 unspecified atom stereocenters. The van der Waals surface area contributed by atoms with Gasteiger partial charge in [-0.25, -0.2) is 19.0 Å². The third kappa shape index (κ3) is 3.78. The van der Waals surface area contributed by atoms with Gasteiger partial charge in [0, 0.05) is 11.9 Å². The van der Waals surface area contributed by atoms with Crippen LogP contribution in [0.2, 0.25) is 0 Å². The van der Waals surface area contributed by atoms with Gasteiger partial charge in [-0.15, -0.1) is 0 Å². The van der Waals surface area contributed by atoms with Crippen LogP contribution in [-0.2, 0) is 0 Å². The van der Waals surface area contributed by atoms with Gasteiger partial charge in [-0.1, -0.05) is 0 Å². The maximum absolute atomic E-state index is 14.2. The highest BCUT2D eigenvalue weighted by Gasteiger charge is 2.17. The third-order valence-corrected chi connectivity index (χ3v) is 4.24. The molecular formula is C20H15FN6O3. The summed E-state index contributed by atoms with van der Waals surface area (Å²) in [5.74, 6) is -0.951. The number of amides is 2. The van der Waals surface area contributed by atoms with Crippen LogP contribution in [0.4, 0.5) is 15.8 Å². The van der Waals surface area contributed by atoms with Crippen molar-refractivity contribution in [3.63, 3.8) is 0 Å². The van der Waals surface area contributed by atoms with Gasteiger partial charge in [-0.3, -0.25) is 9.59 Å². The van der Waals surface area contributed by atoms with Gasteiger partial charge in [0.2, 0.25) is 0 Å². The highest BCUT2D eigenvalue weighted by molar-refractivity contribution is 6.07. The minimum Gasteiger partial charge on any atom is -0.469 e. The zero-order valence-corrected chi connectivity index (χ0v) is 15.7. The average molecular weight is 406 g/mol. The molecule has 0 atom stereocenters.